The molecule has 0 heterocycles. The topological polar surface area (TPSA) is 12.0 Å². The molecular formula is C16H17N. The molecular weight excluding hydrogens is 206 g/mol. The molecule has 86 valence electrons. The quantitative estimate of drug-likeness (QED) is 0.603. The average Bonchev–Trinajstić information content (AvgIpc) is 2.41. The number of hydrogen-bond acceptors (Lipinski definition) is 1. The number of nitrogens with one attached hydrogen (secondary N) is 1. The first kappa shape index (κ1) is 11.6. The van der Waals surface area contributed by atoms with Crippen LogP contribution in [0.1, 0.15) is 5.56 Å². The molecule has 0 unspecified atom stereocenters. The molecule has 1 nitrogen and oxygen atoms in total. The van der Waals surface area contributed by atoms with E-state index in [1.807, 2.05) is 12.1 Å². The molecule has 0 saturated heterocycles. The van der Waals surface area contributed by atoms with Crippen LogP contribution in [0.5, 0.6) is 0 Å². The molecule has 0 aliphatic rings. The summed E-state index contributed by atoms with van der Waals surface area (Å²) in [5, 5.41) is 3.29. The SMILES string of the molecule is C=CCNCc1ccc(-c2ccccc2)cc1. The lowest BCUT2D eigenvalue weighted by Gasteiger charge is -2.05. The van der Waals surface area contributed by atoms with Crippen molar-refractivity contribution in [2.24, 2.45) is 0 Å². The van der Waals surface area contributed by atoms with Crippen LogP contribution in [0.4, 0.5) is 0 Å². The maximum atomic E-state index is 3.68. The van der Waals surface area contributed by atoms with E-state index in [9.17, 15) is 0 Å². The molecule has 0 spiro atoms. The highest BCUT2D eigenvalue weighted by Gasteiger charge is 1.96. The monoisotopic (exact) mass is 223 g/mol. The van der Waals surface area contributed by atoms with Gasteiger partial charge in [-0.2, -0.15) is 0 Å². The average molecular weight is 223 g/mol. The van der Waals surface area contributed by atoms with Crippen LogP contribution in [0.25, 0.3) is 11.1 Å². The fraction of sp³-hybridized carbons (Fsp3) is 0.125. The van der Waals surface area contributed by atoms with Gasteiger partial charge in [0.15, 0.2) is 0 Å². The van der Waals surface area contributed by atoms with Crippen molar-refractivity contribution in [3.8, 4) is 11.1 Å². The minimum Gasteiger partial charge on any atom is -0.309 e. The Balaban J connectivity index is 2.05. The molecule has 0 radical (unpaired) electrons. The van der Waals surface area contributed by atoms with E-state index in [4.69, 9.17) is 0 Å². The van der Waals surface area contributed by atoms with Gasteiger partial charge < -0.3 is 5.32 Å². The van der Waals surface area contributed by atoms with E-state index in [0.717, 1.165) is 13.1 Å². The Kier molecular flexibility index (Phi) is 4.11. The molecule has 0 atom stereocenters. The highest BCUT2D eigenvalue weighted by Crippen LogP contribution is 2.18. The van der Waals surface area contributed by atoms with Crippen molar-refractivity contribution in [1.29, 1.82) is 0 Å². The van der Waals surface area contributed by atoms with Crippen LogP contribution in [0.15, 0.2) is 67.3 Å². The van der Waals surface area contributed by atoms with E-state index in [2.05, 4.69) is 60.4 Å². The van der Waals surface area contributed by atoms with Gasteiger partial charge in [-0.3, -0.25) is 0 Å². The zero-order valence-electron chi connectivity index (χ0n) is 9.89. The summed E-state index contributed by atoms with van der Waals surface area (Å²) in [5.41, 5.74) is 3.82. The van der Waals surface area contributed by atoms with E-state index >= 15 is 0 Å². The summed E-state index contributed by atoms with van der Waals surface area (Å²) in [7, 11) is 0. The summed E-state index contributed by atoms with van der Waals surface area (Å²) in [5.74, 6) is 0. The highest BCUT2D eigenvalue weighted by atomic mass is 14.8. The summed E-state index contributed by atoms with van der Waals surface area (Å²) < 4.78 is 0. The first-order valence-electron chi connectivity index (χ1n) is 5.86. The van der Waals surface area contributed by atoms with Gasteiger partial charge in [0, 0.05) is 13.1 Å². The molecule has 0 amide bonds. The highest BCUT2D eigenvalue weighted by molar-refractivity contribution is 5.63. The van der Waals surface area contributed by atoms with E-state index in [-0.39, 0.29) is 0 Å². The Bertz CT molecular complexity index is 457. The Morgan fingerprint density at radius 3 is 2.18 bits per heavy atom. The molecule has 0 fully saturated rings. The van der Waals surface area contributed by atoms with Crippen LogP contribution in [0, 0.1) is 0 Å². The molecule has 1 heteroatoms. The van der Waals surface area contributed by atoms with E-state index in [0.29, 0.717) is 0 Å². The molecule has 0 bridgehead atoms. The van der Waals surface area contributed by atoms with Gasteiger partial charge >= 0.3 is 0 Å². The molecule has 0 aliphatic carbocycles. The zero-order chi connectivity index (χ0) is 11.9. The first-order chi connectivity index (χ1) is 8.40. The molecule has 2 rings (SSSR count). The second kappa shape index (κ2) is 6.02. The van der Waals surface area contributed by atoms with Crippen molar-refractivity contribution in [3.63, 3.8) is 0 Å². The lowest BCUT2D eigenvalue weighted by molar-refractivity contribution is 0.761. The third-order valence-electron chi connectivity index (χ3n) is 2.68. The summed E-state index contributed by atoms with van der Waals surface area (Å²) >= 11 is 0. The van der Waals surface area contributed by atoms with Crippen molar-refractivity contribution in [3.05, 3.63) is 72.8 Å². The largest absolute Gasteiger partial charge is 0.309 e. The maximum Gasteiger partial charge on any atom is 0.0208 e. The van der Waals surface area contributed by atoms with Gasteiger partial charge in [-0.25, -0.2) is 0 Å². The third-order valence-corrected chi connectivity index (χ3v) is 2.68. The van der Waals surface area contributed by atoms with E-state index in [1.165, 1.54) is 16.7 Å². The fourth-order valence-corrected chi connectivity index (χ4v) is 1.76. The summed E-state index contributed by atoms with van der Waals surface area (Å²) in [6.45, 7) is 5.42. The first-order valence-corrected chi connectivity index (χ1v) is 5.86. The predicted octanol–water partition coefficient (Wildman–Crippen LogP) is 3.63. The normalized spacial score (nSPS) is 10.1. The minimum absolute atomic E-state index is 0.848. The molecule has 1 N–H and O–H groups in total. The van der Waals surface area contributed by atoms with Crippen LogP contribution >= 0.6 is 0 Å². The summed E-state index contributed by atoms with van der Waals surface area (Å²) in [6.07, 6.45) is 1.87. The van der Waals surface area contributed by atoms with Crippen LogP contribution in [0.3, 0.4) is 0 Å². The number of rotatable bonds is 5. The standard InChI is InChI=1S/C16H17N/c1-2-12-17-13-14-8-10-16(11-9-14)15-6-4-3-5-7-15/h2-11,17H,1,12-13H2. The third kappa shape index (κ3) is 3.30. The Morgan fingerprint density at radius 2 is 1.53 bits per heavy atom. The van der Waals surface area contributed by atoms with Crippen molar-refractivity contribution in [2.45, 2.75) is 6.54 Å². The van der Waals surface area contributed by atoms with Crippen LogP contribution < -0.4 is 5.32 Å². The molecule has 0 aliphatic heterocycles. The Labute approximate surface area is 103 Å². The van der Waals surface area contributed by atoms with Crippen molar-refractivity contribution < 1.29 is 0 Å². The van der Waals surface area contributed by atoms with Crippen LogP contribution in [0.2, 0.25) is 0 Å². The molecule has 17 heavy (non-hydrogen) atoms. The molecule has 0 aromatic heterocycles. The van der Waals surface area contributed by atoms with Crippen molar-refractivity contribution >= 4 is 0 Å². The van der Waals surface area contributed by atoms with Gasteiger partial charge in [-0.1, -0.05) is 60.7 Å². The van der Waals surface area contributed by atoms with Gasteiger partial charge in [0.1, 0.15) is 0 Å². The smallest absolute Gasteiger partial charge is 0.0208 e. The summed E-state index contributed by atoms with van der Waals surface area (Å²) in [4.78, 5) is 0. The van der Waals surface area contributed by atoms with E-state index in [1.54, 1.807) is 0 Å². The number of benzene rings is 2. The minimum atomic E-state index is 0.848. The predicted molar refractivity (Wildman–Crippen MR) is 73.8 cm³/mol. The lowest BCUT2D eigenvalue weighted by atomic mass is 10.0. The lowest BCUT2D eigenvalue weighted by Crippen LogP contribution is -2.12. The maximum absolute atomic E-state index is 3.68. The van der Waals surface area contributed by atoms with Gasteiger partial charge in [-0.05, 0) is 16.7 Å². The Hall–Kier alpha value is -1.86. The number of hydrogen-bond donors (Lipinski definition) is 1. The summed E-state index contributed by atoms with van der Waals surface area (Å²) in [6, 6.07) is 19.1. The molecule has 2 aromatic rings. The van der Waals surface area contributed by atoms with Crippen molar-refractivity contribution in [2.75, 3.05) is 6.54 Å². The van der Waals surface area contributed by atoms with Gasteiger partial charge in [0.05, 0.1) is 0 Å². The van der Waals surface area contributed by atoms with Gasteiger partial charge in [0.25, 0.3) is 0 Å². The molecule has 0 saturated carbocycles. The van der Waals surface area contributed by atoms with Crippen molar-refractivity contribution in [1.82, 2.24) is 5.32 Å². The molecule has 2 aromatic carbocycles. The zero-order valence-corrected chi connectivity index (χ0v) is 9.89. The van der Waals surface area contributed by atoms with Gasteiger partial charge in [0.2, 0.25) is 0 Å². The van der Waals surface area contributed by atoms with Gasteiger partial charge in [-0.15, -0.1) is 6.58 Å². The second-order valence-corrected chi connectivity index (χ2v) is 3.98. The Morgan fingerprint density at radius 1 is 0.882 bits per heavy atom. The van der Waals surface area contributed by atoms with Crippen LogP contribution in [-0.2, 0) is 6.54 Å². The van der Waals surface area contributed by atoms with Crippen LogP contribution in [-0.4, -0.2) is 6.54 Å². The fourth-order valence-electron chi connectivity index (χ4n) is 1.76. The second-order valence-electron chi connectivity index (χ2n) is 3.98. The van der Waals surface area contributed by atoms with E-state index < -0.39 is 0 Å².